The topological polar surface area (TPSA) is 108 Å². The summed E-state index contributed by atoms with van der Waals surface area (Å²) in [7, 11) is 0. The lowest BCUT2D eigenvalue weighted by Gasteiger charge is -2.23. The van der Waals surface area contributed by atoms with Gasteiger partial charge in [-0.3, -0.25) is 14.4 Å². The number of nitrogens with one attached hydrogen (secondary N) is 2. The number of hydrogen-bond acceptors (Lipinski definition) is 6. The van der Waals surface area contributed by atoms with Gasteiger partial charge in [0, 0.05) is 4.90 Å². The Hall–Kier alpha value is -2.53. The molecule has 2 amide bonds. The Morgan fingerprint density at radius 2 is 2.08 bits per heavy atom. The molecule has 0 bridgehead atoms. The van der Waals surface area contributed by atoms with E-state index in [0.717, 1.165) is 23.4 Å². The number of carbonyl (C=O) groups is 3. The first-order chi connectivity index (χ1) is 12.5. The summed E-state index contributed by atoms with van der Waals surface area (Å²) < 4.78 is 4.99. The van der Waals surface area contributed by atoms with E-state index in [9.17, 15) is 19.6 Å². The second kappa shape index (κ2) is 7.79. The maximum Gasteiger partial charge on any atom is 0.307 e. The molecule has 0 radical (unpaired) electrons. The number of nitrogens with zero attached hydrogens (tertiary/aromatic N) is 1. The Morgan fingerprint density at radius 3 is 2.81 bits per heavy atom. The zero-order valence-corrected chi connectivity index (χ0v) is 14.9. The van der Waals surface area contributed by atoms with Gasteiger partial charge in [-0.1, -0.05) is 12.1 Å². The molecule has 136 valence electrons. The van der Waals surface area contributed by atoms with E-state index < -0.39 is 29.3 Å². The van der Waals surface area contributed by atoms with E-state index in [4.69, 9.17) is 4.74 Å². The molecule has 1 aromatic carbocycles. The van der Waals surface area contributed by atoms with Crippen molar-refractivity contribution in [2.24, 2.45) is 0 Å². The number of para-hydroxylation sites is 1. The number of carbonyl (C=O) groups excluding carboxylic acids is 3. The Kier molecular flexibility index (Phi) is 5.47. The lowest BCUT2D eigenvalue weighted by molar-refractivity contribution is -0.149. The fraction of sp³-hybridized carbons (Fsp3) is 0.444. The van der Waals surface area contributed by atoms with Crippen LogP contribution in [-0.2, 0) is 19.1 Å². The van der Waals surface area contributed by atoms with E-state index in [-0.39, 0.29) is 12.3 Å². The van der Waals surface area contributed by atoms with Crippen LogP contribution in [0.25, 0.3) is 0 Å². The lowest BCUT2D eigenvalue weighted by Crippen LogP contribution is -2.46. The molecule has 1 heterocycles. The van der Waals surface area contributed by atoms with Gasteiger partial charge in [-0.05, 0) is 37.8 Å². The predicted octanol–water partition coefficient (Wildman–Crippen LogP) is 1.99. The third-order valence-electron chi connectivity index (χ3n) is 4.47. The first-order valence-corrected chi connectivity index (χ1v) is 9.34. The molecular weight excluding hydrogens is 354 g/mol. The molecular formula is C18H19N3O4S. The number of amides is 2. The fourth-order valence-corrected chi connectivity index (χ4v) is 4.22. The maximum absolute atomic E-state index is 12.1. The smallest absolute Gasteiger partial charge is 0.307 e. The van der Waals surface area contributed by atoms with Crippen LogP contribution in [0.15, 0.2) is 29.2 Å². The van der Waals surface area contributed by atoms with Gasteiger partial charge >= 0.3 is 5.97 Å². The first-order valence-electron chi connectivity index (χ1n) is 8.46. The number of thioether (sulfide) groups is 1. The third-order valence-corrected chi connectivity index (χ3v) is 5.75. The van der Waals surface area contributed by atoms with Crippen molar-refractivity contribution in [1.29, 1.82) is 5.26 Å². The summed E-state index contributed by atoms with van der Waals surface area (Å²) in [5.74, 6) is -1.37. The molecule has 0 spiro atoms. The lowest BCUT2D eigenvalue weighted by atomic mass is 10.00. The molecule has 1 fully saturated rings. The monoisotopic (exact) mass is 373 g/mol. The van der Waals surface area contributed by atoms with Crippen molar-refractivity contribution in [2.75, 3.05) is 11.9 Å². The molecule has 2 aliphatic rings. The molecule has 26 heavy (non-hydrogen) atoms. The van der Waals surface area contributed by atoms with E-state index in [1.807, 2.05) is 18.2 Å². The van der Waals surface area contributed by atoms with Gasteiger partial charge in [0.05, 0.1) is 23.4 Å². The van der Waals surface area contributed by atoms with Crippen LogP contribution in [0.1, 0.15) is 32.1 Å². The van der Waals surface area contributed by atoms with E-state index in [1.54, 1.807) is 6.07 Å². The van der Waals surface area contributed by atoms with Crippen molar-refractivity contribution < 1.29 is 19.1 Å². The van der Waals surface area contributed by atoms with Crippen molar-refractivity contribution in [3.05, 3.63) is 24.3 Å². The second-order valence-electron chi connectivity index (χ2n) is 6.41. The zero-order valence-electron chi connectivity index (χ0n) is 14.1. The summed E-state index contributed by atoms with van der Waals surface area (Å²) in [6, 6.07) is 9.50. The number of rotatable bonds is 5. The minimum atomic E-state index is -0.841. The summed E-state index contributed by atoms with van der Waals surface area (Å²) in [6.45, 7) is -0.447. The second-order valence-corrected chi connectivity index (χ2v) is 7.65. The number of anilines is 1. The van der Waals surface area contributed by atoms with Crippen molar-refractivity contribution in [3.63, 3.8) is 0 Å². The van der Waals surface area contributed by atoms with Crippen LogP contribution in [0.4, 0.5) is 5.69 Å². The average molecular weight is 373 g/mol. The Morgan fingerprint density at radius 1 is 1.35 bits per heavy atom. The van der Waals surface area contributed by atoms with Crippen LogP contribution in [0.5, 0.6) is 0 Å². The summed E-state index contributed by atoms with van der Waals surface area (Å²) in [6.07, 6.45) is 2.89. The van der Waals surface area contributed by atoms with Crippen LogP contribution in [0, 0.1) is 11.3 Å². The summed E-state index contributed by atoms with van der Waals surface area (Å²) in [4.78, 5) is 36.9. The van der Waals surface area contributed by atoms with E-state index in [1.165, 1.54) is 11.8 Å². The van der Waals surface area contributed by atoms with Crippen LogP contribution >= 0.6 is 11.8 Å². The quantitative estimate of drug-likeness (QED) is 0.764. The molecule has 2 N–H and O–H groups in total. The van der Waals surface area contributed by atoms with Gasteiger partial charge in [-0.2, -0.15) is 5.26 Å². The van der Waals surface area contributed by atoms with Gasteiger partial charge in [0.25, 0.3) is 5.91 Å². The Balaban J connectivity index is 1.48. The third kappa shape index (κ3) is 4.17. The van der Waals surface area contributed by atoms with Crippen LogP contribution in [0.2, 0.25) is 0 Å². The largest absolute Gasteiger partial charge is 0.456 e. The minimum Gasteiger partial charge on any atom is -0.456 e. The highest BCUT2D eigenvalue weighted by Gasteiger charge is 2.35. The van der Waals surface area contributed by atoms with Gasteiger partial charge in [0.2, 0.25) is 5.91 Å². The summed E-state index contributed by atoms with van der Waals surface area (Å²) in [5.41, 5.74) is -0.114. The van der Waals surface area contributed by atoms with Crippen molar-refractivity contribution in [1.82, 2.24) is 5.32 Å². The highest BCUT2D eigenvalue weighted by atomic mass is 32.2. The van der Waals surface area contributed by atoms with Crippen LogP contribution in [0.3, 0.4) is 0 Å². The van der Waals surface area contributed by atoms with Gasteiger partial charge in [0.15, 0.2) is 6.61 Å². The first kappa shape index (κ1) is 18.3. The highest BCUT2D eigenvalue weighted by molar-refractivity contribution is 8.01. The highest BCUT2D eigenvalue weighted by Crippen LogP contribution is 2.36. The van der Waals surface area contributed by atoms with Crippen LogP contribution in [-0.4, -0.2) is 35.2 Å². The number of benzene rings is 1. The maximum atomic E-state index is 12.1. The average Bonchev–Trinajstić information content (AvgIpc) is 3.09. The Bertz CT molecular complexity index is 768. The van der Waals surface area contributed by atoms with Gasteiger partial charge in [0.1, 0.15) is 5.54 Å². The number of fused-ring (bicyclic) bond motifs is 1. The van der Waals surface area contributed by atoms with E-state index in [0.29, 0.717) is 12.8 Å². The molecule has 1 aliphatic carbocycles. The number of ether oxygens (including phenoxy) is 1. The standard InChI is InChI=1S/C18H19N3O4S/c19-11-18(7-3-4-8-18)21-15(22)10-25-16(23)9-14-17(24)20-12-5-1-2-6-13(12)26-14/h1-2,5-6,14H,3-4,7-10H2,(H,20,24)(H,21,22)/t14-/m1/s1. The molecule has 1 atom stereocenters. The number of hydrogen-bond donors (Lipinski definition) is 2. The molecule has 7 nitrogen and oxygen atoms in total. The van der Waals surface area contributed by atoms with E-state index >= 15 is 0 Å². The zero-order chi connectivity index (χ0) is 18.6. The molecule has 3 rings (SSSR count). The van der Waals surface area contributed by atoms with Crippen molar-refractivity contribution >= 4 is 35.2 Å². The molecule has 0 saturated heterocycles. The SMILES string of the molecule is N#CC1(NC(=O)COC(=O)C[C@H]2Sc3ccccc3NC2=O)CCCC1. The van der Waals surface area contributed by atoms with Gasteiger partial charge in [-0.15, -0.1) is 11.8 Å². The molecule has 1 aliphatic heterocycles. The summed E-state index contributed by atoms with van der Waals surface area (Å²) in [5, 5.41) is 14.1. The minimum absolute atomic E-state index is 0.124. The molecule has 0 aromatic heterocycles. The molecule has 8 heteroatoms. The fourth-order valence-electron chi connectivity index (χ4n) is 3.13. The Labute approximate surface area is 155 Å². The van der Waals surface area contributed by atoms with Gasteiger partial charge in [-0.25, -0.2) is 0 Å². The molecule has 1 aromatic rings. The van der Waals surface area contributed by atoms with Crippen molar-refractivity contribution in [2.45, 2.75) is 47.8 Å². The molecule has 1 saturated carbocycles. The normalized spacial score (nSPS) is 20.4. The van der Waals surface area contributed by atoms with Crippen molar-refractivity contribution in [3.8, 4) is 6.07 Å². The van der Waals surface area contributed by atoms with E-state index in [2.05, 4.69) is 16.7 Å². The number of esters is 1. The summed E-state index contributed by atoms with van der Waals surface area (Å²) >= 11 is 1.30. The predicted molar refractivity (Wildman–Crippen MR) is 95.2 cm³/mol. The number of nitriles is 1. The molecule has 0 unspecified atom stereocenters. The van der Waals surface area contributed by atoms with Crippen LogP contribution < -0.4 is 10.6 Å². The van der Waals surface area contributed by atoms with Gasteiger partial charge < -0.3 is 15.4 Å².